The van der Waals surface area contributed by atoms with E-state index < -0.39 is 21.8 Å². The molecule has 0 spiro atoms. The summed E-state index contributed by atoms with van der Waals surface area (Å²) in [7, 11) is -4.05. The van der Waals surface area contributed by atoms with Crippen molar-refractivity contribution in [2.24, 2.45) is 0 Å². The molecule has 1 aliphatic heterocycles. The largest absolute Gasteiger partial charge is 0.478 e. The molecule has 0 aromatic heterocycles. The molecule has 0 radical (unpaired) electrons. The van der Waals surface area contributed by atoms with Crippen molar-refractivity contribution in [2.45, 2.75) is 24.8 Å². The first kappa shape index (κ1) is 23.6. The van der Waals surface area contributed by atoms with Gasteiger partial charge in [0.15, 0.2) is 0 Å². The molecule has 1 atom stereocenters. The number of aromatic carboxylic acids is 1. The van der Waals surface area contributed by atoms with Crippen LogP contribution in [0.5, 0.6) is 0 Å². The molecule has 0 saturated carbocycles. The van der Waals surface area contributed by atoms with Gasteiger partial charge in [0.05, 0.1) is 21.8 Å². The molecule has 1 saturated heterocycles. The van der Waals surface area contributed by atoms with E-state index in [4.69, 9.17) is 0 Å². The van der Waals surface area contributed by atoms with E-state index in [1.807, 2.05) is 24.0 Å². The van der Waals surface area contributed by atoms with Crippen LogP contribution >= 0.6 is 0 Å². The molecule has 1 fully saturated rings. The van der Waals surface area contributed by atoms with Crippen molar-refractivity contribution in [2.75, 3.05) is 34.2 Å². The number of benzene rings is 3. The van der Waals surface area contributed by atoms with Crippen LogP contribution in [0.4, 0.5) is 21.5 Å². The predicted molar refractivity (Wildman–Crippen MR) is 131 cm³/mol. The fourth-order valence-electron chi connectivity index (χ4n) is 4.21. The van der Waals surface area contributed by atoms with Crippen molar-refractivity contribution in [3.63, 3.8) is 0 Å². The lowest BCUT2D eigenvalue weighted by Gasteiger charge is -2.43. The summed E-state index contributed by atoms with van der Waals surface area (Å²) in [5.41, 5.74) is 3.03. The third-order valence-corrected chi connectivity index (χ3v) is 7.29. The van der Waals surface area contributed by atoms with Crippen LogP contribution in [0.3, 0.4) is 0 Å². The Bertz CT molecular complexity index is 1310. The Hall–Kier alpha value is -3.59. The molecule has 9 heteroatoms. The first-order chi connectivity index (χ1) is 16.1. The number of piperazine rings is 1. The zero-order valence-corrected chi connectivity index (χ0v) is 19.7. The molecule has 3 aromatic rings. The van der Waals surface area contributed by atoms with Gasteiger partial charge in [-0.15, -0.1) is 0 Å². The lowest BCUT2D eigenvalue weighted by atomic mass is 10.1. The van der Waals surface area contributed by atoms with Crippen LogP contribution in [-0.2, 0) is 10.0 Å². The standard InChI is InChI=1S/C25H26FN3O4S/c1-17-4-3-5-21(14-17)29-13-12-28(16-18(29)2)24-11-6-19(25(30)31)15-23(24)27-34(32,33)22-9-7-20(26)8-10-22/h3-11,14-15,18,27H,12-13,16H2,1-2H3,(H,30,31)/t18-/m0/s1. The van der Waals surface area contributed by atoms with Gasteiger partial charge in [0.2, 0.25) is 0 Å². The van der Waals surface area contributed by atoms with Gasteiger partial charge >= 0.3 is 5.97 Å². The lowest BCUT2D eigenvalue weighted by molar-refractivity contribution is 0.0697. The number of carboxylic acid groups (broad SMARTS) is 1. The normalized spacial score (nSPS) is 16.4. The van der Waals surface area contributed by atoms with Crippen molar-refractivity contribution < 1.29 is 22.7 Å². The zero-order valence-electron chi connectivity index (χ0n) is 18.9. The Labute approximate surface area is 198 Å². The van der Waals surface area contributed by atoms with Crippen LogP contribution < -0.4 is 14.5 Å². The fourth-order valence-corrected chi connectivity index (χ4v) is 5.28. The molecule has 0 aliphatic carbocycles. The van der Waals surface area contributed by atoms with E-state index in [1.54, 1.807) is 6.07 Å². The van der Waals surface area contributed by atoms with Gasteiger partial charge in [-0.1, -0.05) is 12.1 Å². The van der Waals surface area contributed by atoms with E-state index in [1.165, 1.54) is 29.8 Å². The number of anilines is 3. The third-order valence-electron chi connectivity index (χ3n) is 5.91. The second-order valence-corrected chi connectivity index (χ2v) is 10.1. The number of sulfonamides is 1. The van der Waals surface area contributed by atoms with Crippen LogP contribution in [0, 0.1) is 12.7 Å². The van der Waals surface area contributed by atoms with Gasteiger partial charge in [-0.25, -0.2) is 17.6 Å². The molecular formula is C25H26FN3O4S. The highest BCUT2D eigenvalue weighted by Gasteiger charge is 2.27. The molecule has 7 nitrogen and oxygen atoms in total. The molecule has 0 unspecified atom stereocenters. The highest BCUT2D eigenvalue weighted by atomic mass is 32.2. The van der Waals surface area contributed by atoms with Gasteiger partial charge in [0.25, 0.3) is 10.0 Å². The molecule has 0 amide bonds. The van der Waals surface area contributed by atoms with Crippen molar-refractivity contribution in [3.05, 3.63) is 83.7 Å². The van der Waals surface area contributed by atoms with Gasteiger partial charge in [-0.2, -0.15) is 0 Å². The fraction of sp³-hybridized carbons (Fsp3) is 0.240. The van der Waals surface area contributed by atoms with E-state index in [-0.39, 0.29) is 22.2 Å². The SMILES string of the molecule is Cc1cccc(N2CCN(c3ccc(C(=O)O)cc3NS(=O)(=O)c3ccc(F)cc3)C[C@@H]2C)c1. The highest BCUT2D eigenvalue weighted by Crippen LogP contribution is 2.32. The molecular weight excluding hydrogens is 457 g/mol. The molecule has 1 aliphatic rings. The Balaban J connectivity index is 1.63. The van der Waals surface area contributed by atoms with E-state index >= 15 is 0 Å². The van der Waals surface area contributed by atoms with Gasteiger partial charge in [0, 0.05) is 31.4 Å². The summed E-state index contributed by atoms with van der Waals surface area (Å²) in [6.07, 6.45) is 0. The molecule has 2 N–H and O–H groups in total. The maximum Gasteiger partial charge on any atom is 0.335 e. The minimum Gasteiger partial charge on any atom is -0.478 e. The highest BCUT2D eigenvalue weighted by molar-refractivity contribution is 7.92. The number of hydrogen-bond donors (Lipinski definition) is 2. The van der Waals surface area contributed by atoms with Gasteiger partial charge in [-0.3, -0.25) is 4.72 Å². The smallest absolute Gasteiger partial charge is 0.335 e. The topological polar surface area (TPSA) is 89.9 Å². The van der Waals surface area contributed by atoms with Crippen molar-refractivity contribution >= 4 is 33.1 Å². The first-order valence-electron chi connectivity index (χ1n) is 10.9. The second-order valence-electron chi connectivity index (χ2n) is 8.42. The average molecular weight is 484 g/mol. The van der Waals surface area contributed by atoms with Crippen LogP contribution in [0.2, 0.25) is 0 Å². The summed E-state index contributed by atoms with van der Waals surface area (Å²) in [6, 6.07) is 17.3. The third kappa shape index (κ3) is 4.99. The maximum absolute atomic E-state index is 13.3. The maximum atomic E-state index is 13.3. The minimum atomic E-state index is -4.05. The Morgan fingerprint density at radius 3 is 2.44 bits per heavy atom. The average Bonchev–Trinajstić information content (AvgIpc) is 2.79. The van der Waals surface area contributed by atoms with Crippen LogP contribution in [-0.4, -0.2) is 45.2 Å². The van der Waals surface area contributed by atoms with E-state index in [0.717, 1.165) is 24.4 Å². The van der Waals surface area contributed by atoms with Crippen molar-refractivity contribution in [1.29, 1.82) is 0 Å². The number of aryl methyl sites for hydroxylation is 1. The summed E-state index contributed by atoms with van der Waals surface area (Å²) >= 11 is 0. The molecule has 4 rings (SSSR count). The van der Waals surface area contributed by atoms with Gasteiger partial charge < -0.3 is 14.9 Å². The first-order valence-corrected chi connectivity index (χ1v) is 12.4. The molecule has 0 bridgehead atoms. The summed E-state index contributed by atoms with van der Waals surface area (Å²) in [5.74, 6) is -1.71. The van der Waals surface area contributed by atoms with Crippen molar-refractivity contribution in [1.82, 2.24) is 0 Å². The Kier molecular flexibility index (Phi) is 6.47. The monoisotopic (exact) mass is 483 g/mol. The number of carbonyl (C=O) groups is 1. The number of nitrogens with one attached hydrogen (secondary N) is 1. The Morgan fingerprint density at radius 2 is 1.79 bits per heavy atom. The number of rotatable bonds is 6. The Morgan fingerprint density at radius 1 is 1.06 bits per heavy atom. The molecule has 1 heterocycles. The minimum absolute atomic E-state index is 0.0352. The van der Waals surface area contributed by atoms with E-state index in [9.17, 15) is 22.7 Å². The number of halogens is 1. The summed E-state index contributed by atoms with van der Waals surface area (Å²) < 4.78 is 41.7. The van der Waals surface area contributed by atoms with Gasteiger partial charge in [0.1, 0.15) is 5.82 Å². The number of carboxylic acids is 1. The summed E-state index contributed by atoms with van der Waals surface area (Å²) in [5, 5.41) is 9.44. The number of hydrogen-bond acceptors (Lipinski definition) is 5. The number of nitrogens with zero attached hydrogens (tertiary/aromatic N) is 2. The second kappa shape index (κ2) is 9.34. The summed E-state index contributed by atoms with van der Waals surface area (Å²) in [4.78, 5) is 15.8. The van der Waals surface area contributed by atoms with E-state index in [0.29, 0.717) is 18.8 Å². The van der Waals surface area contributed by atoms with Crippen LogP contribution in [0.25, 0.3) is 0 Å². The molecule has 34 heavy (non-hydrogen) atoms. The van der Waals surface area contributed by atoms with Crippen LogP contribution in [0.1, 0.15) is 22.8 Å². The van der Waals surface area contributed by atoms with Crippen molar-refractivity contribution in [3.8, 4) is 0 Å². The molecule has 178 valence electrons. The van der Waals surface area contributed by atoms with E-state index in [2.05, 4.69) is 28.7 Å². The molecule has 3 aromatic carbocycles. The summed E-state index contributed by atoms with van der Waals surface area (Å²) in [6.45, 7) is 6.10. The lowest BCUT2D eigenvalue weighted by Crippen LogP contribution is -2.52. The predicted octanol–water partition coefficient (Wildman–Crippen LogP) is 4.35. The zero-order chi connectivity index (χ0) is 24.5. The van der Waals surface area contributed by atoms with Crippen LogP contribution in [0.15, 0.2) is 71.6 Å². The van der Waals surface area contributed by atoms with Gasteiger partial charge in [-0.05, 0) is 74.0 Å². The quantitative estimate of drug-likeness (QED) is 0.542.